The summed E-state index contributed by atoms with van der Waals surface area (Å²) < 4.78 is 0. The third-order valence-electron chi connectivity index (χ3n) is 4.21. The van der Waals surface area contributed by atoms with Gasteiger partial charge in [0.05, 0.1) is 5.41 Å². The Morgan fingerprint density at radius 2 is 1.81 bits per heavy atom. The molecule has 1 aromatic rings. The van der Waals surface area contributed by atoms with E-state index in [9.17, 15) is 4.79 Å². The van der Waals surface area contributed by atoms with Gasteiger partial charge in [0.25, 0.3) is 0 Å². The topological polar surface area (TPSA) is 49.6 Å². The number of hydrogen-bond acceptors (Lipinski definition) is 3. The molecular formula is C17H25N3O. The molecule has 0 spiro atoms. The van der Waals surface area contributed by atoms with Crippen LogP contribution in [0.3, 0.4) is 0 Å². The molecule has 0 bridgehead atoms. The van der Waals surface area contributed by atoms with Crippen molar-refractivity contribution in [3.05, 3.63) is 42.5 Å². The van der Waals surface area contributed by atoms with Gasteiger partial charge in [-0.3, -0.25) is 9.69 Å². The normalized spacial score (nSPS) is 16.8. The molecule has 0 aromatic heterocycles. The zero-order valence-electron chi connectivity index (χ0n) is 13.0. The van der Waals surface area contributed by atoms with Crippen LogP contribution in [0.2, 0.25) is 0 Å². The minimum atomic E-state index is -0.520. The fraction of sp³-hybridized carbons (Fsp3) is 0.471. The molecule has 4 heteroatoms. The van der Waals surface area contributed by atoms with Crippen molar-refractivity contribution in [3.8, 4) is 0 Å². The second-order valence-corrected chi connectivity index (χ2v) is 6.13. The molecule has 1 aromatic carbocycles. The molecule has 1 aliphatic heterocycles. The van der Waals surface area contributed by atoms with Gasteiger partial charge in [0.1, 0.15) is 0 Å². The molecule has 2 N–H and O–H groups in total. The Morgan fingerprint density at radius 3 is 2.33 bits per heavy atom. The van der Waals surface area contributed by atoms with Gasteiger partial charge in [0.15, 0.2) is 0 Å². The van der Waals surface area contributed by atoms with Crippen molar-refractivity contribution in [2.75, 3.05) is 38.5 Å². The highest BCUT2D eigenvalue weighted by Gasteiger charge is 2.34. The number of carbonyl (C=O) groups is 1. The minimum absolute atomic E-state index is 0.186. The van der Waals surface area contributed by atoms with Gasteiger partial charge in [-0.1, -0.05) is 18.2 Å². The number of nitrogens with two attached hydrogens (primary N) is 1. The molecule has 1 heterocycles. The molecule has 1 saturated heterocycles. The van der Waals surface area contributed by atoms with E-state index in [4.69, 9.17) is 5.73 Å². The van der Waals surface area contributed by atoms with Crippen LogP contribution >= 0.6 is 0 Å². The lowest BCUT2D eigenvalue weighted by atomic mass is 9.83. The Bertz CT molecular complexity index is 499. The van der Waals surface area contributed by atoms with E-state index < -0.39 is 5.41 Å². The Balaban J connectivity index is 2.05. The van der Waals surface area contributed by atoms with Crippen molar-refractivity contribution in [2.24, 2.45) is 0 Å². The average molecular weight is 287 g/mol. The van der Waals surface area contributed by atoms with E-state index >= 15 is 0 Å². The molecule has 0 saturated carbocycles. The number of carbonyl (C=O) groups excluding carboxylic acids is 1. The van der Waals surface area contributed by atoms with E-state index in [1.807, 2.05) is 49.1 Å². The third kappa shape index (κ3) is 3.45. The number of hydrogen-bond donors (Lipinski definition) is 1. The maximum atomic E-state index is 12.8. The van der Waals surface area contributed by atoms with Crippen LogP contribution in [0.25, 0.3) is 0 Å². The van der Waals surface area contributed by atoms with Crippen LogP contribution in [-0.4, -0.2) is 48.4 Å². The number of nitrogens with zero attached hydrogens (tertiary/aromatic N) is 2. The number of piperazine rings is 1. The van der Waals surface area contributed by atoms with E-state index in [0.29, 0.717) is 0 Å². The number of anilines is 1. The van der Waals surface area contributed by atoms with E-state index in [2.05, 4.69) is 11.5 Å². The van der Waals surface area contributed by atoms with Crippen molar-refractivity contribution in [2.45, 2.75) is 19.3 Å². The fourth-order valence-electron chi connectivity index (χ4n) is 2.73. The summed E-state index contributed by atoms with van der Waals surface area (Å²) in [4.78, 5) is 17.1. The number of nitrogen functional groups attached to an aromatic ring is 1. The molecule has 0 aliphatic carbocycles. The minimum Gasteiger partial charge on any atom is -0.399 e. The van der Waals surface area contributed by atoms with Crippen LogP contribution < -0.4 is 5.73 Å². The highest BCUT2D eigenvalue weighted by molar-refractivity contribution is 5.87. The monoisotopic (exact) mass is 287 g/mol. The van der Waals surface area contributed by atoms with Gasteiger partial charge in [-0.2, -0.15) is 0 Å². The summed E-state index contributed by atoms with van der Waals surface area (Å²) in [6.45, 7) is 12.0. The molecule has 2 rings (SSSR count). The Kier molecular flexibility index (Phi) is 4.68. The third-order valence-corrected chi connectivity index (χ3v) is 4.21. The van der Waals surface area contributed by atoms with Crippen LogP contribution in [0.4, 0.5) is 5.69 Å². The average Bonchev–Trinajstić information content (AvgIpc) is 2.48. The van der Waals surface area contributed by atoms with Gasteiger partial charge in [-0.25, -0.2) is 0 Å². The summed E-state index contributed by atoms with van der Waals surface area (Å²) in [5, 5.41) is 0. The van der Waals surface area contributed by atoms with Gasteiger partial charge in [0.2, 0.25) is 5.91 Å². The smallest absolute Gasteiger partial charge is 0.232 e. The highest BCUT2D eigenvalue weighted by atomic mass is 16.2. The zero-order chi connectivity index (χ0) is 15.5. The molecule has 0 radical (unpaired) electrons. The van der Waals surface area contributed by atoms with Gasteiger partial charge in [-0.15, -0.1) is 6.58 Å². The lowest BCUT2D eigenvalue weighted by molar-refractivity contribution is -0.138. The van der Waals surface area contributed by atoms with Crippen molar-refractivity contribution in [1.82, 2.24) is 9.80 Å². The van der Waals surface area contributed by atoms with Crippen molar-refractivity contribution >= 4 is 11.6 Å². The standard InChI is InChI=1S/C17H25N3O/c1-4-9-19-10-12-20(13-11-19)16(21)17(2,3)14-5-7-15(18)8-6-14/h4-8H,1,9-13,18H2,2-3H3. The van der Waals surface area contributed by atoms with E-state index in [1.165, 1.54) is 0 Å². The largest absolute Gasteiger partial charge is 0.399 e. The van der Waals surface area contributed by atoms with Crippen molar-refractivity contribution in [1.29, 1.82) is 0 Å². The molecule has 0 atom stereocenters. The quantitative estimate of drug-likeness (QED) is 0.679. The van der Waals surface area contributed by atoms with Crippen molar-refractivity contribution < 1.29 is 4.79 Å². The van der Waals surface area contributed by atoms with E-state index in [0.717, 1.165) is 44.0 Å². The molecule has 0 unspecified atom stereocenters. The van der Waals surface area contributed by atoms with Gasteiger partial charge in [-0.05, 0) is 31.5 Å². The van der Waals surface area contributed by atoms with Crippen molar-refractivity contribution in [3.63, 3.8) is 0 Å². The lowest BCUT2D eigenvalue weighted by Crippen LogP contribution is -2.53. The Labute approximate surface area is 127 Å². The second kappa shape index (κ2) is 6.31. The Morgan fingerprint density at radius 1 is 1.24 bits per heavy atom. The number of amides is 1. The molecule has 1 amide bonds. The predicted molar refractivity (Wildman–Crippen MR) is 87.1 cm³/mol. The first-order valence-electron chi connectivity index (χ1n) is 7.44. The molecule has 21 heavy (non-hydrogen) atoms. The second-order valence-electron chi connectivity index (χ2n) is 6.13. The molecule has 4 nitrogen and oxygen atoms in total. The van der Waals surface area contributed by atoms with Gasteiger partial charge >= 0.3 is 0 Å². The van der Waals surface area contributed by atoms with Crippen LogP contribution in [0.5, 0.6) is 0 Å². The maximum absolute atomic E-state index is 12.8. The first-order valence-corrected chi connectivity index (χ1v) is 7.44. The summed E-state index contributed by atoms with van der Waals surface area (Å²) in [5.41, 5.74) is 6.94. The number of benzene rings is 1. The molecule has 1 fully saturated rings. The van der Waals surface area contributed by atoms with Crippen LogP contribution in [0, 0.1) is 0 Å². The van der Waals surface area contributed by atoms with Gasteiger partial charge in [0, 0.05) is 38.4 Å². The summed E-state index contributed by atoms with van der Waals surface area (Å²) in [7, 11) is 0. The summed E-state index contributed by atoms with van der Waals surface area (Å²) in [6, 6.07) is 7.60. The van der Waals surface area contributed by atoms with E-state index in [1.54, 1.807) is 0 Å². The van der Waals surface area contributed by atoms with E-state index in [-0.39, 0.29) is 5.91 Å². The SMILES string of the molecule is C=CCN1CCN(C(=O)C(C)(C)c2ccc(N)cc2)CC1. The van der Waals surface area contributed by atoms with Gasteiger partial charge < -0.3 is 10.6 Å². The molecular weight excluding hydrogens is 262 g/mol. The maximum Gasteiger partial charge on any atom is 0.232 e. The Hall–Kier alpha value is -1.81. The first-order chi connectivity index (χ1) is 9.95. The summed E-state index contributed by atoms with van der Waals surface area (Å²) in [5.74, 6) is 0.186. The molecule has 114 valence electrons. The molecule has 1 aliphatic rings. The lowest BCUT2D eigenvalue weighted by Gasteiger charge is -2.38. The van der Waals surface area contributed by atoms with Crippen LogP contribution in [0.1, 0.15) is 19.4 Å². The number of rotatable bonds is 4. The summed E-state index contributed by atoms with van der Waals surface area (Å²) in [6.07, 6.45) is 1.91. The van der Waals surface area contributed by atoms with Crippen LogP contribution in [-0.2, 0) is 10.2 Å². The predicted octanol–water partition coefficient (Wildman–Crippen LogP) is 1.88. The summed E-state index contributed by atoms with van der Waals surface area (Å²) >= 11 is 0. The van der Waals surface area contributed by atoms with Crippen LogP contribution in [0.15, 0.2) is 36.9 Å². The fourth-order valence-corrected chi connectivity index (χ4v) is 2.73. The first kappa shape index (κ1) is 15.6. The zero-order valence-corrected chi connectivity index (χ0v) is 13.0. The highest BCUT2D eigenvalue weighted by Crippen LogP contribution is 2.27.